The van der Waals surface area contributed by atoms with E-state index in [0.29, 0.717) is 40.1 Å². The first-order valence-electron chi connectivity index (χ1n) is 9.45. The predicted octanol–water partition coefficient (Wildman–Crippen LogP) is 1.66. The van der Waals surface area contributed by atoms with E-state index in [1.54, 1.807) is 21.6 Å². The number of anilines is 1. The lowest BCUT2D eigenvalue weighted by molar-refractivity contribution is -0.126. The number of ether oxygens (including phenoxy) is 3. The molecular weight excluding hydrogens is 410 g/mol. The van der Waals surface area contributed by atoms with Crippen molar-refractivity contribution >= 4 is 29.7 Å². The molecule has 10 nitrogen and oxygen atoms in total. The second kappa shape index (κ2) is 9.16. The molecule has 162 valence electrons. The van der Waals surface area contributed by atoms with Gasteiger partial charge in [-0.15, -0.1) is 0 Å². The van der Waals surface area contributed by atoms with E-state index in [-0.39, 0.29) is 31.3 Å². The van der Waals surface area contributed by atoms with Gasteiger partial charge < -0.3 is 29.0 Å². The van der Waals surface area contributed by atoms with Crippen molar-refractivity contribution in [1.82, 2.24) is 20.1 Å². The van der Waals surface area contributed by atoms with Gasteiger partial charge in [-0.3, -0.25) is 14.7 Å². The molecule has 2 N–H and O–H groups in total. The first-order valence-corrected chi connectivity index (χ1v) is 9.86. The Balaban J connectivity index is 1.73. The van der Waals surface area contributed by atoms with Crippen molar-refractivity contribution in [3.05, 3.63) is 22.7 Å². The van der Waals surface area contributed by atoms with Crippen molar-refractivity contribution < 1.29 is 23.8 Å². The fourth-order valence-electron chi connectivity index (χ4n) is 3.48. The number of carbonyl (C=O) groups is 2. The fourth-order valence-corrected chi connectivity index (χ4v) is 3.76. The Morgan fingerprint density at radius 1 is 1.27 bits per heavy atom. The number of benzene rings is 1. The number of methoxy groups -OCH3 is 3. The van der Waals surface area contributed by atoms with E-state index in [1.165, 1.54) is 21.3 Å². The summed E-state index contributed by atoms with van der Waals surface area (Å²) in [7, 11) is 4.53. The van der Waals surface area contributed by atoms with E-state index in [1.807, 2.05) is 6.92 Å². The molecule has 1 fully saturated rings. The number of hydrogen-bond acceptors (Lipinski definition) is 7. The summed E-state index contributed by atoms with van der Waals surface area (Å²) in [6.07, 6.45) is 0.114. The number of hydrogen-bond donors (Lipinski definition) is 2. The van der Waals surface area contributed by atoms with Crippen LogP contribution in [0.4, 0.5) is 5.69 Å². The van der Waals surface area contributed by atoms with E-state index >= 15 is 0 Å². The number of aromatic amines is 1. The van der Waals surface area contributed by atoms with E-state index in [2.05, 4.69) is 15.5 Å². The van der Waals surface area contributed by atoms with Gasteiger partial charge in [0.1, 0.15) is 0 Å². The van der Waals surface area contributed by atoms with Crippen LogP contribution in [0.5, 0.6) is 17.2 Å². The van der Waals surface area contributed by atoms with Gasteiger partial charge in [-0.25, -0.2) is 0 Å². The zero-order chi connectivity index (χ0) is 21.8. The number of H-pyrrole nitrogens is 1. The highest BCUT2D eigenvalue weighted by atomic mass is 32.1. The number of rotatable bonds is 8. The Hall–Kier alpha value is -3.08. The van der Waals surface area contributed by atoms with Crippen LogP contribution in [0.15, 0.2) is 12.1 Å². The Morgan fingerprint density at radius 2 is 1.93 bits per heavy atom. The van der Waals surface area contributed by atoms with Crippen molar-refractivity contribution in [3.63, 3.8) is 0 Å². The second-order valence-electron chi connectivity index (χ2n) is 6.70. The van der Waals surface area contributed by atoms with Crippen molar-refractivity contribution in [3.8, 4) is 17.2 Å². The van der Waals surface area contributed by atoms with Crippen LogP contribution >= 0.6 is 12.2 Å². The molecule has 2 aromatic rings. The highest BCUT2D eigenvalue weighted by molar-refractivity contribution is 7.71. The molecular formula is C19H25N5O5S. The van der Waals surface area contributed by atoms with Crippen LogP contribution in [0, 0.1) is 10.7 Å². The SMILES string of the molecule is CCn1c(CNC(=O)C2CC(=O)N(c3cc(OC)c(OC)c(OC)c3)C2)n[nH]c1=S. The quantitative estimate of drug-likeness (QED) is 0.607. The minimum atomic E-state index is -0.478. The molecule has 0 aliphatic carbocycles. The Morgan fingerprint density at radius 3 is 2.50 bits per heavy atom. The van der Waals surface area contributed by atoms with Gasteiger partial charge in [-0.1, -0.05) is 0 Å². The van der Waals surface area contributed by atoms with Crippen LogP contribution in [0.3, 0.4) is 0 Å². The van der Waals surface area contributed by atoms with Crippen LogP contribution < -0.4 is 24.4 Å². The molecule has 1 saturated heterocycles. The van der Waals surface area contributed by atoms with Gasteiger partial charge in [0.25, 0.3) is 0 Å². The molecule has 0 radical (unpaired) electrons. The smallest absolute Gasteiger partial charge is 0.227 e. The maximum atomic E-state index is 12.7. The highest BCUT2D eigenvalue weighted by Gasteiger charge is 2.36. The van der Waals surface area contributed by atoms with E-state index in [4.69, 9.17) is 26.4 Å². The second-order valence-corrected chi connectivity index (χ2v) is 7.08. The molecule has 11 heteroatoms. The zero-order valence-corrected chi connectivity index (χ0v) is 18.2. The minimum Gasteiger partial charge on any atom is -0.493 e. The molecule has 0 bridgehead atoms. The minimum absolute atomic E-state index is 0.114. The lowest BCUT2D eigenvalue weighted by Crippen LogP contribution is -2.33. The summed E-state index contributed by atoms with van der Waals surface area (Å²) < 4.78 is 18.3. The van der Waals surface area contributed by atoms with Gasteiger partial charge in [0.05, 0.1) is 39.5 Å². The summed E-state index contributed by atoms with van der Waals surface area (Å²) in [6, 6.07) is 3.39. The lowest BCUT2D eigenvalue weighted by Gasteiger charge is -2.20. The maximum absolute atomic E-state index is 12.7. The summed E-state index contributed by atoms with van der Waals surface area (Å²) in [5.74, 6) is 1.12. The number of nitrogens with one attached hydrogen (secondary N) is 2. The van der Waals surface area contributed by atoms with Crippen molar-refractivity contribution in [2.75, 3.05) is 32.8 Å². The molecule has 1 unspecified atom stereocenters. The average molecular weight is 436 g/mol. The van der Waals surface area contributed by atoms with Crippen LogP contribution in [0.1, 0.15) is 19.2 Å². The monoisotopic (exact) mass is 435 g/mol. The number of nitrogens with zero attached hydrogens (tertiary/aromatic N) is 3. The molecule has 2 amide bonds. The standard InChI is InChI=1S/C19H25N5O5S/c1-5-23-15(21-22-19(23)30)9-20-18(26)11-6-16(25)24(10-11)12-7-13(27-2)17(29-4)14(8-12)28-3/h7-8,11H,5-6,9-10H2,1-4H3,(H,20,26)(H,22,30). The Labute approximate surface area is 179 Å². The molecule has 1 aliphatic heterocycles. The first kappa shape index (κ1) is 21.6. The third kappa shape index (κ3) is 4.11. The van der Waals surface area contributed by atoms with Gasteiger partial charge in [-0.05, 0) is 19.1 Å². The normalized spacial score (nSPS) is 15.9. The molecule has 3 rings (SSSR count). The molecule has 0 spiro atoms. The molecule has 1 aromatic carbocycles. The van der Waals surface area contributed by atoms with Crippen LogP contribution in [-0.4, -0.2) is 54.5 Å². The van der Waals surface area contributed by atoms with Gasteiger partial charge in [0.2, 0.25) is 17.6 Å². The molecule has 1 aliphatic rings. The van der Waals surface area contributed by atoms with Crippen molar-refractivity contribution in [2.24, 2.45) is 5.92 Å². The number of carbonyl (C=O) groups excluding carboxylic acids is 2. The van der Waals surface area contributed by atoms with Crippen LogP contribution in [0.2, 0.25) is 0 Å². The summed E-state index contributed by atoms with van der Waals surface area (Å²) in [5.41, 5.74) is 0.580. The molecule has 1 aromatic heterocycles. The summed E-state index contributed by atoms with van der Waals surface area (Å²) in [5, 5.41) is 9.70. The number of amides is 2. The van der Waals surface area contributed by atoms with E-state index in [9.17, 15) is 9.59 Å². The number of aromatic nitrogens is 3. The summed E-state index contributed by atoms with van der Waals surface area (Å²) in [4.78, 5) is 26.8. The van der Waals surface area contributed by atoms with Gasteiger partial charge in [0.15, 0.2) is 22.1 Å². The fraction of sp³-hybridized carbons (Fsp3) is 0.474. The molecule has 2 heterocycles. The first-order chi connectivity index (χ1) is 14.4. The third-order valence-electron chi connectivity index (χ3n) is 5.03. The Kier molecular flexibility index (Phi) is 6.60. The van der Waals surface area contributed by atoms with Crippen LogP contribution in [-0.2, 0) is 22.7 Å². The average Bonchev–Trinajstić information content (AvgIpc) is 3.32. The Bertz CT molecular complexity index is 976. The largest absolute Gasteiger partial charge is 0.493 e. The molecule has 30 heavy (non-hydrogen) atoms. The molecule has 0 saturated carbocycles. The maximum Gasteiger partial charge on any atom is 0.227 e. The van der Waals surface area contributed by atoms with E-state index in [0.717, 1.165) is 0 Å². The summed E-state index contributed by atoms with van der Waals surface area (Å²) in [6.45, 7) is 3.08. The lowest BCUT2D eigenvalue weighted by atomic mass is 10.1. The molecule has 1 atom stereocenters. The predicted molar refractivity (Wildman–Crippen MR) is 111 cm³/mol. The van der Waals surface area contributed by atoms with Gasteiger partial charge in [0, 0.05) is 31.6 Å². The van der Waals surface area contributed by atoms with Gasteiger partial charge >= 0.3 is 0 Å². The topological polar surface area (TPSA) is 111 Å². The summed E-state index contributed by atoms with van der Waals surface area (Å²) >= 11 is 5.15. The van der Waals surface area contributed by atoms with Crippen LogP contribution in [0.25, 0.3) is 0 Å². The van der Waals surface area contributed by atoms with Gasteiger partial charge in [-0.2, -0.15) is 5.10 Å². The zero-order valence-electron chi connectivity index (χ0n) is 17.4. The van der Waals surface area contributed by atoms with Crippen molar-refractivity contribution in [1.29, 1.82) is 0 Å². The van der Waals surface area contributed by atoms with E-state index < -0.39 is 5.92 Å². The third-order valence-corrected chi connectivity index (χ3v) is 5.34. The van der Waals surface area contributed by atoms with Crippen molar-refractivity contribution in [2.45, 2.75) is 26.4 Å². The highest BCUT2D eigenvalue weighted by Crippen LogP contribution is 2.42.